The van der Waals surface area contributed by atoms with E-state index in [9.17, 15) is 14.7 Å². The van der Waals surface area contributed by atoms with Crippen molar-refractivity contribution in [2.75, 3.05) is 26.3 Å². The molecule has 1 N–H and O–H groups in total. The van der Waals surface area contributed by atoms with Crippen molar-refractivity contribution in [3.63, 3.8) is 0 Å². The number of carboxylic acid groups (broad SMARTS) is 1. The van der Waals surface area contributed by atoms with E-state index < -0.39 is 6.09 Å². The Bertz CT molecular complexity index is 625. The van der Waals surface area contributed by atoms with Gasteiger partial charge in [-0.05, 0) is 31.0 Å². The zero-order valence-electron chi connectivity index (χ0n) is 13.9. The molecule has 1 saturated heterocycles. The monoisotopic (exact) mass is 389 g/mol. The first-order valence-corrected chi connectivity index (χ1v) is 8.88. The summed E-state index contributed by atoms with van der Waals surface area (Å²) >= 11 is 12.1. The van der Waals surface area contributed by atoms with Crippen LogP contribution < -0.4 is 0 Å². The molecule has 1 aromatic rings. The van der Waals surface area contributed by atoms with Crippen LogP contribution in [0.15, 0.2) is 18.2 Å². The van der Waals surface area contributed by atoms with E-state index in [2.05, 4.69) is 0 Å². The highest BCUT2D eigenvalue weighted by Crippen LogP contribution is 2.35. The lowest BCUT2D eigenvalue weighted by molar-refractivity contribution is -0.143. The minimum Gasteiger partial charge on any atom is -0.466 e. The fourth-order valence-electron chi connectivity index (χ4n) is 2.91. The Morgan fingerprint density at radius 1 is 1.36 bits per heavy atom. The lowest BCUT2D eigenvalue weighted by Crippen LogP contribution is -2.35. The third-order valence-electron chi connectivity index (χ3n) is 4.11. The highest BCUT2D eigenvalue weighted by molar-refractivity contribution is 6.42. The predicted molar refractivity (Wildman–Crippen MR) is 94.1 cm³/mol. The molecule has 2 atom stereocenters. The van der Waals surface area contributed by atoms with E-state index in [1.807, 2.05) is 6.07 Å². The highest BCUT2D eigenvalue weighted by Gasteiger charge is 2.31. The molecule has 25 heavy (non-hydrogen) atoms. The second-order valence-electron chi connectivity index (χ2n) is 5.80. The van der Waals surface area contributed by atoms with Crippen molar-refractivity contribution in [3.8, 4) is 0 Å². The molecule has 1 aromatic carbocycles. The van der Waals surface area contributed by atoms with Crippen molar-refractivity contribution >= 4 is 35.3 Å². The van der Waals surface area contributed by atoms with E-state index in [0.29, 0.717) is 23.1 Å². The van der Waals surface area contributed by atoms with E-state index in [-0.39, 0.29) is 44.1 Å². The maximum atomic E-state index is 11.7. The van der Waals surface area contributed by atoms with E-state index in [1.54, 1.807) is 19.1 Å². The maximum Gasteiger partial charge on any atom is 0.407 e. The number of carbonyl (C=O) groups excluding carboxylic acids is 1. The normalized spacial score (nSPS) is 20.8. The van der Waals surface area contributed by atoms with Crippen LogP contribution >= 0.6 is 23.2 Å². The average molecular weight is 390 g/mol. The molecule has 0 saturated carbocycles. The summed E-state index contributed by atoms with van der Waals surface area (Å²) in [7, 11) is 0. The largest absolute Gasteiger partial charge is 0.466 e. The second-order valence-corrected chi connectivity index (χ2v) is 6.61. The van der Waals surface area contributed by atoms with Gasteiger partial charge in [0.05, 0.1) is 29.4 Å². The van der Waals surface area contributed by atoms with Crippen LogP contribution in [0.5, 0.6) is 0 Å². The first-order chi connectivity index (χ1) is 11.9. The number of nitrogens with zero attached hydrogens (tertiary/aromatic N) is 1. The van der Waals surface area contributed by atoms with Crippen molar-refractivity contribution in [1.82, 2.24) is 4.90 Å². The quantitative estimate of drug-likeness (QED) is 0.769. The number of rotatable bonds is 5. The van der Waals surface area contributed by atoms with Crippen LogP contribution in [0.3, 0.4) is 0 Å². The second kappa shape index (κ2) is 9.27. The van der Waals surface area contributed by atoms with E-state index >= 15 is 0 Å². The van der Waals surface area contributed by atoms with Crippen LogP contribution in [0.2, 0.25) is 10.0 Å². The summed E-state index contributed by atoms with van der Waals surface area (Å²) < 4.78 is 10.9. The molecule has 1 aliphatic heterocycles. The predicted octanol–water partition coefficient (Wildman–Crippen LogP) is 4.00. The molecule has 0 aliphatic carbocycles. The molecule has 0 spiro atoms. The summed E-state index contributed by atoms with van der Waals surface area (Å²) in [4.78, 5) is 24.4. The van der Waals surface area contributed by atoms with Crippen LogP contribution in [-0.2, 0) is 14.3 Å². The van der Waals surface area contributed by atoms with Gasteiger partial charge in [0, 0.05) is 25.4 Å². The first kappa shape index (κ1) is 19.8. The number of hydrogen-bond donors (Lipinski definition) is 1. The summed E-state index contributed by atoms with van der Waals surface area (Å²) in [6, 6.07) is 5.22. The van der Waals surface area contributed by atoms with Crippen molar-refractivity contribution in [3.05, 3.63) is 33.8 Å². The van der Waals surface area contributed by atoms with Gasteiger partial charge in [-0.1, -0.05) is 29.3 Å². The number of benzene rings is 1. The number of esters is 1. The molecule has 8 heteroatoms. The molecule has 0 aromatic heterocycles. The molecule has 138 valence electrons. The van der Waals surface area contributed by atoms with E-state index in [4.69, 9.17) is 32.7 Å². The molecule has 1 heterocycles. The lowest BCUT2D eigenvalue weighted by atomic mass is 9.91. The molecule has 1 amide bonds. The van der Waals surface area contributed by atoms with Crippen molar-refractivity contribution in [1.29, 1.82) is 0 Å². The van der Waals surface area contributed by atoms with Crippen LogP contribution in [0.4, 0.5) is 4.79 Å². The zero-order chi connectivity index (χ0) is 18.4. The van der Waals surface area contributed by atoms with Crippen molar-refractivity contribution in [2.45, 2.75) is 25.9 Å². The van der Waals surface area contributed by atoms with Gasteiger partial charge in [0.25, 0.3) is 0 Å². The van der Waals surface area contributed by atoms with Crippen LogP contribution in [0.25, 0.3) is 0 Å². The molecule has 0 unspecified atom stereocenters. The average Bonchev–Trinajstić information content (AvgIpc) is 2.78. The van der Waals surface area contributed by atoms with Crippen LogP contribution in [0.1, 0.15) is 31.4 Å². The fraction of sp³-hybridized carbons (Fsp3) is 0.529. The molecule has 1 aliphatic rings. The third kappa shape index (κ3) is 5.49. The molecule has 2 rings (SSSR count). The lowest BCUT2D eigenvalue weighted by Gasteiger charge is -2.27. The number of carbonyl (C=O) groups is 2. The fourth-order valence-corrected chi connectivity index (χ4v) is 3.21. The molecular weight excluding hydrogens is 369 g/mol. The molecule has 0 bridgehead atoms. The number of amides is 1. The van der Waals surface area contributed by atoms with E-state index in [0.717, 1.165) is 5.56 Å². The van der Waals surface area contributed by atoms with Crippen molar-refractivity contribution < 1.29 is 24.2 Å². The van der Waals surface area contributed by atoms with Crippen molar-refractivity contribution in [2.24, 2.45) is 5.92 Å². The molecule has 0 radical (unpaired) electrons. The zero-order valence-corrected chi connectivity index (χ0v) is 15.4. The Kier molecular flexibility index (Phi) is 7.35. The minimum atomic E-state index is -1.00. The summed E-state index contributed by atoms with van der Waals surface area (Å²) in [5.41, 5.74) is 0.815. The van der Waals surface area contributed by atoms with Gasteiger partial charge >= 0.3 is 12.1 Å². The third-order valence-corrected chi connectivity index (χ3v) is 4.85. The van der Waals surface area contributed by atoms with Gasteiger partial charge in [-0.2, -0.15) is 0 Å². The number of ether oxygens (including phenoxy) is 2. The molecule has 1 fully saturated rings. The number of halogens is 2. The van der Waals surface area contributed by atoms with Gasteiger partial charge in [-0.25, -0.2) is 4.79 Å². The highest BCUT2D eigenvalue weighted by atomic mass is 35.5. The Balaban J connectivity index is 2.21. The van der Waals surface area contributed by atoms with Gasteiger partial charge in [0.2, 0.25) is 0 Å². The minimum absolute atomic E-state index is 0.194. The van der Waals surface area contributed by atoms with Gasteiger partial charge < -0.3 is 19.5 Å². The standard InChI is InChI=1S/C17H21Cl2NO5/c1-2-24-15(21)6-4-12-10-20(17(22)23)7-8-25-16(12)11-3-5-13(18)14(19)9-11/h3,5,9,12,16H,2,4,6-8,10H2,1H3,(H,22,23)/t12-,16+/m1/s1. The van der Waals surface area contributed by atoms with Crippen LogP contribution in [-0.4, -0.2) is 48.4 Å². The van der Waals surface area contributed by atoms with Gasteiger partial charge in [0.15, 0.2) is 0 Å². The summed E-state index contributed by atoms with van der Waals surface area (Å²) in [6.07, 6.45) is -0.714. The summed E-state index contributed by atoms with van der Waals surface area (Å²) in [5, 5.41) is 10.2. The number of hydrogen-bond acceptors (Lipinski definition) is 4. The van der Waals surface area contributed by atoms with Gasteiger partial charge in [-0.15, -0.1) is 0 Å². The van der Waals surface area contributed by atoms with E-state index in [1.165, 1.54) is 4.90 Å². The SMILES string of the molecule is CCOC(=O)CC[C@@H]1CN(C(=O)O)CCO[C@H]1c1ccc(Cl)c(Cl)c1. The Labute approximate surface area is 156 Å². The van der Waals surface area contributed by atoms with Gasteiger partial charge in [0.1, 0.15) is 0 Å². The Morgan fingerprint density at radius 2 is 2.12 bits per heavy atom. The molecule has 6 nitrogen and oxygen atoms in total. The van der Waals surface area contributed by atoms with Gasteiger partial charge in [-0.3, -0.25) is 4.79 Å². The molecular formula is C17H21Cl2NO5. The summed E-state index contributed by atoms with van der Waals surface area (Å²) in [6.45, 7) is 2.89. The maximum absolute atomic E-state index is 11.7. The Morgan fingerprint density at radius 3 is 2.76 bits per heavy atom. The Hall–Kier alpha value is -1.50. The smallest absolute Gasteiger partial charge is 0.407 e. The summed E-state index contributed by atoms with van der Waals surface area (Å²) in [5.74, 6) is -0.498. The topological polar surface area (TPSA) is 76.1 Å². The first-order valence-electron chi connectivity index (χ1n) is 8.12. The van der Waals surface area contributed by atoms with Crippen LogP contribution in [0, 0.1) is 5.92 Å².